The van der Waals surface area contributed by atoms with Crippen molar-refractivity contribution in [3.8, 4) is 5.75 Å². The number of amides is 1. The number of carbonyl (C=O) groups is 1. The summed E-state index contributed by atoms with van der Waals surface area (Å²) in [6, 6.07) is 4.43. The van der Waals surface area contributed by atoms with Gasteiger partial charge in [-0.2, -0.15) is 13.2 Å². The first-order valence-corrected chi connectivity index (χ1v) is 10.7. The van der Waals surface area contributed by atoms with E-state index in [1.54, 1.807) is 4.40 Å². The molecule has 2 N–H and O–H groups in total. The molecule has 180 valence electrons. The van der Waals surface area contributed by atoms with E-state index in [2.05, 4.69) is 9.97 Å². The topological polar surface area (TPSA) is 85.8 Å². The monoisotopic (exact) mass is 489 g/mol. The van der Waals surface area contributed by atoms with Crippen molar-refractivity contribution in [2.24, 2.45) is 0 Å². The number of hydrogen-bond donors (Lipinski definition) is 1. The molecule has 2 aliphatic rings. The Morgan fingerprint density at radius 3 is 2.74 bits per heavy atom. The van der Waals surface area contributed by atoms with E-state index >= 15 is 4.39 Å². The van der Waals surface area contributed by atoms with E-state index in [9.17, 15) is 22.4 Å². The van der Waals surface area contributed by atoms with Gasteiger partial charge < -0.3 is 15.4 Å². The maximum Gasteiger partial charge on any atom is 0.416 e. The Labute approximate surface area is 193 Å². The van der Waals surface area contributed by atoms with Gasteiger partial charge in [0.1, 0.15) is 35.2 Å². The lowest BCUT2D eigenvalue weighted by molar-refractivity contribution is -0.137. The maximum absolute atomic E-state index is 15.1. The summed E-state index contributed by atoms with van der Waals surface area (Å²) in [6.45, 7) is -0.359. The number of halogens is 5. The SMILES string of the molecule is Nc1nc2cc(F)c(C(=O)N3C[C@H](F)C[C@@H]4Oc5cc(C(F)(F)F)ccc5[C@@H]43)cc2n2cncc12. The number of nitrogen functional groups attached to an aromatic ring is 1. The second-order valence-electron chi connectivity index (χ2n) is 8.61. The number of ether oxygens (including phenoxy) is 1. The molecular weight excluding hydrogens is 473 g/mol. The number of nitrogens with zero attached hydrogens (tertiary/aromatic N) is 4. The van der Waals surface area contributed by atoms with Crippen LogP contribution in [0.1, 0.15) is 33.9 Å². The fraction of sp³-hybridized carbons (Fsp3) is 0.261. The molecule has 12 heteroatoms. The van der Waals surface area contributed by atoms with Crippen LogP contribution in [0.25, 0.3) is 16.6 Å². The first-order chi connectivity index (χ1) is 16.6. The number of benzene rings is 2. The molecule has 2 aromatic carbocycles. The smallest absolute Gasteiger partial charge is 0.416 e. The lowest BCUT2D eigenvalue weighted by Gasteiger charge is -2.38. The molecule has 2 aromatic heterocycles. The molecule has 0 unspecified atom stereocenters. The quantitative estimate of drug-likeness (QED) is 0.403. The predicted octanol–water partition coefficient (Wildman–Crippen LogP) is 4.31. The molecule has 2 aliphatic heterocycles. The third kappa shape index (κ3) is 3.27. The largest absolute Gasteiger partial charge is 0.487 e. The van der Waals surface area contributed by atoms with Gasteiger partial charge in [0.05, 0.1) is 47.3 Å². The summed E-state index contributed by atoms with van der Waals surface area (Å²) in [5, 5.41) is 0. The van der Waals surface area contributed by atoms with Crippen molar-refractivity contribution in [3.05, 3.63) is 65.4 Å². The summed E-state index contributed by atoms with van der Waals surface area (Å²) >= 11 is 0. The third-order valence-corrected chi connectivity index (χ3v) is 6.47. The Morgan fingerprint density at radius 2 is 1.97 bits per heavy atom. The van der Waals surface area contributed by atoms with Gasteiger partial charge in [0, 0.05) is 18.1 Å². The summed E-state index contributed by atoms with van der Waals surface area (Å²) in [5.41, 5.74) is 5.96. The lowest BCUT2D eigenvalue weighted by atomic mass is 9.92. The molecule has 0 radical (unpaired) electrons. The zero-order valence-corrected chi connectivity index (χ0v) is 17.8. The normalized spacial score (nSPS) is 21.7. The number of likely N-dealkylation sites (tertiary alicyclic amines) is 1. The van der Waals surface area contributed by atoms with Crippen LogP contribution in [0.2, 0.25) is 0 Å². The zero-order valence-electron chi connectivity index (χ0n) is 17.8. The van der Waals surface area contributed by atoms with Crippen LogP contribution in [0.3, 0.4) is 0 Å². The van der Waals surface area contributed by atoms with E-state index in [0.29, 0.717) is 16.6 Å². The fourth-order valence-corrected chi connectivity index (χ4v) is 4.91. The summed E-state index contributed by atoms with van der Waals surface area (Å²) in [6.07, 6.45) is -4.18. The number of carbonyl (C=O) groups excluding carboxylic acids is 1. The molecule has 7 nitrogen and oxygen atoms in total. The molecular formula is C23H16F5N5O2. The third-order valence-electron chi connectivity index (χ3n) is 6.47. The van der Waals surface area contributed by atoms with Crippen LogP contribution in [0.15, 0.2) is 42.9 Å². The second kappa shape index (κ2) is 7.27. The minimum absolute atomic E-state index is 0.0690. The minimum atomic E-state index is -4.59. The number of hydrogen-bond acceptors (Lipinski definition) is 5. The van der Waals surface area contributed by atoms with Crippen molar-refractivity contribution in [3.63, 3.8) is 0 Å². The number of anilines is 1. The number of nitrogens with two attached hydrogens (primary N) is 1. The summed E-state index contributed by atoms with van der Waals surface area (Å²) in [7, 11) is 0. The molecule has 1 amide bonds. The number of fused-ring (bicyclic) bond motifs is 6. The van der Waals surface area contributed by atoms with E-state index in [4.69, 9.17) is 10.5 Å². The van der Waals surface area contributed by atoms with Crippen LogP contribution in [0.5, 0.6) is 5.75 Å². The van der Waals surface area contributed by atoms with Gasteiger partial charge >= 0.3 is 6.18 Å². The van der Waals surface area contributed by atoms with Gasteiger partial charge in [-0.1, -0.05) is 6.07 Å². The molecule has 4 aromatic rings. The molecule has 0 bridgehead atoms. The standard InChI is InChI=1S/C23H16F5N5O2/c24-11-4-19-20(12-2-1-10(23(26,27)28)3-18(12)35-19)32(8-11)22(34)13-5-16-15(6-14(13)25)31-21(29)17-7-30-9-33(16)17/h1-3,5-7,9,11,19-20H,4,8H2,(H2,29,31)/t11-,19+,20+/m1/s1. The summed E-state index contributed by atoms with van der Waals surface area (Å²) in [4.78, 5) is 22.8. The van der Waals surface area contributed by atoms with E-state index in [0.717, 1.165) is 23.1 Å². The average molecular weight is 489 g/mol. The van der Waals surface area contributed by atoms with Crippen molar-refractivity contribution in [1.82, 2.24) is 19.3 Å². The van der Waals surface area contributed by atoms with Crippen LogP contribution < -0.4 is 10.5 Å². The van der Waals surface area contributed by atoms with Crippen LogP contribution in [-0.4, -0.2) is 44.0 Å². The summed E-state index contributed by atoms with van der Waals surface area (Å²) in [5.74, 6) is -1.65. The Bertz CT molecular complexity index is 1520. The predicted molar refractivity (Wildman–Crippen MR) is 114 cm³/mol. The maximum atomic E-state index is 15.1. The molecule has 4 heterocycles. The van der Waals surface area contributed by atoms with Gasteiger partial charge in [0.15, 0.2) is 0 Å². The number of piperidine rings is 1. The van der Waals surface area contributed by atoms with Gasteiger partial charge in [0.25, 0.3) is 5.91 Å². The molecule has 0 saturated carbocycles. The summed E-state index contributed by atoms with van der Waals surface area (Å²) < 4.78 is 76.4. The Morgan fingerprint density at radius 1 is 1.17 bits per heavy atom. The van der Waals surface area contributed by atoms with Gasteiger partial charge in [0.2, 0.25) is 0 Å². The van der Waals surface area contributed by atoms with Crippen molar-refractivity contribution < 1.29 is 31.5 Å². The highest BCUT2D eigenvalue weighted by molar-refractivity contribution is 5.99. The number of imidazole rings is 1. The van der Waals surface area contributed by atoms with Crippen molar-refractivity contribution in [2.75, 3.05) is 12.3 Å². The fourth-order valence-electron chi connectivity index (χ4n) is 4.91. The Kier molecular flexibility index (Phi) is 4.48. The molecule has 3 atom stereocenters. The molecule has 6 rings (SSSR count). The molecule has 0 spiro atoms. The molecule has 1 saturated heterocycles. The van der Waals surface area contributed by atoms with Crippen molar-refractivity contribution in [2.45, 2.75) is 30.9 Å². The molecule has 1 fully saturated rings. The highest BCUT2D eigenvalue weighted by Crippen LogP contribution is 2.47. The van der Waals surface area contributed by atoms with Crippen LogP contribution >= 0.6 is 0 Å². The first-order valence-electron chi connectivity index (χ1n) is 10.7. The van der Waals surface area contributed by atoms with Gasteiger partial charge in [-0.25, -0.2) is 18.7 Å². The minimum Gasteiger partial charge on any atom is -0.487 e. The van der Waals surface area contributed by atoms with E-state index in [-0.39, 0.29) is 35.6 Å². The van der Waals surface area contributed by atoms with Crippen LogP contribution in [-0.2, 0) is 6.18 Å². The van der Waals surface area contributed by atoms with Crippen LogP contribution in [0, 0.1) is 5.82 Å². The van der Waals surface area contributed by atoms with Crippen molar-refractivity contribution in [1.29, 1.82) is 0 Å². The van der Waals surface area contributed by atoms with Crippen molar-refractivity contribution >= 4 is 28.3 Å². The zero-order chi connectivity index (χ0) is 24.6. The molecule has 35 heavy (non-hydrogen) atoms. The van der Waals surface area contributed by atoms with E-state index in [1.165, 1.54) is 24.7 Å². The van der Waals surface area contributed by atoms with E-state index in [1.807, 2.05) is 0 Å². The van der Waals surface area contributed by atoms with E-state index < -0.39 is 41.8 Å². The average Bonchev–Trinajstić information content (AvgIpc) is 3.42. The van der Waals surface area contributed by atoms with Gasteiger partial charge in [-0.3, -0.25) is 9.20 Å². The highest BCUT2D eigenvalue weighted by atomic mass is 19.4. The van der Waals surface area contributed by atoms with Crippen LogP contribution in [0.4, 0.5) is 27.8 Å². The first kappa shape index (κ1) is 21.6. The Hall–Kier alpha value is -3.96. The second-order valence-corrected chi connectivity index (χ2v) is 8.61. The number of alkyl halides is 4. The number of aromatic nitrogens is 3. The van der Waals surface area contributed by atoms with Gasteiger partial charge in [-0.15, -0.1) is 0 Å². The lowest BCUT2D eigenvalue weighted by Crippen LogP contribution is -2.49. The Balaban J connectivity index is 1.44. The van der Waals surface area contributed by atoms with Gasteiger partial charge in [-0.05, 0) is 18.2 Å². The highest BCUT2D eigenvalue weighted by Gasteiger charge is 2.47. The number of rotatable bonds is 1. The molecule has 0 aliphatic carbocycles.